The Morgan fingerprint density at radius 2 is 1.73 bits per heavy atom. The van der Waals surface area contributed by atoms with E-state index in [2.05, 4.69) is 10.3 Å². The van der Waals surface area contributed by atoms with Gasteiger partial charge in [-0.1, -0.05) is 12.1 Å². The molecular formula is C20H19N3O3. The predicted molar refractivity (Wildman–Crippen MR) is 102 cm³/mol. The maximum Gasteiger partial charge on any atom is 0.363 e. The van der Waals surface area contributed by atoms with Crippen molar-refractivity contribution in [3.8, 4) is 0 Å². The molecule has 132 valence electrons. The quantitative estimate of drug-likeness (QED) is 0.680. The molecule has 0 spiro atoms. The molecular weight excluding hydrogens is 330 g/mol. The molecule has 0 aromatic heterocycles. The summed E-state index contributed by atoms with van der Waals surface area (Å²) in [5.41, 5.74) is 3.53. The fraction of sp³-hybridized carbons (Fsp3) is 0.150. The highest BCUT2D eigenvalue weighted by atomic mass is 16.6. The van der Waals surface area contributed by atoms with Crippen LogP contribution in [-0.4, -0.2) is 31.9 Å². The number of amides is 1. The van der Waals surface area contributed by atoms with Crippen molar-refractivity contribution in [3.05, 3.63) is 65.4 Å². The minimum absolute atomic E-state index is 0.145. The molecule has 2 aromatic rings. The molecule has 6 heteroatoms. The third-order valence-corrected chi connectivity index (χ3v) is 3.79. The van der Waals surface area contributed by atoms with Gasteiger partial charge in [-0.15, -0.1) is 0 Å². The Morgan fingerprint density at radius 1 is 1.08 bits per heavy atom. The largest absolute Gasteiger partial charge is 0.402 e. The lowest BCUT2D eigenvalue weighted by molar-refractivity contribution is -0.129. The van der Waals surface area contributed by atoms with Crippen molar-refractivity contribution in [2.45, 2.75) is 6.92 Å². The van der Waals surface area contributed by atoms with Crippen molar-refractivity contribution in [2.24, 2.45) is 4.99 Å². The van der Waals surface area contributed by atoms with E-state index >= 15 is 0 Å². The summed E-state index contributed by atoms with van der Waals surface area (Å²) in [5.74, 6) is -0.379. The van der Waals surface area contributed by atoms with Crippen molar-refractivity contribution in [3.63, 3.8) is 0 Å². The van der Waals surface area contributed by atoms with Crippen LogP contribution in [0, 0.1) is 0 Å². The zero-order valence-electron chi connectivity index (χ0n) is 14.8. The van der Waals surface area contributed by atoms with Gasteiger partial charge in [0, 0.05) is 38.0 Å². The van der Waals surface area contributed by atoms with Gasteiger partial charge in [-0.05, 0) is 48.0 Å². The summed E-state index contributed by atoms with van der Waals surface area (Å²) < 4.78 is 5.26. The maximum atomic E-state index is 12.1. The molecule has 0 unspecified atom stereocenters. The van der Waals surface area contributed by atoms with Crippen molar-refractivity contribution in [2.75, 3.05) is 24.3 Å². The fourth-order valence-electron chi connectivity index (χ4n) is 2.46. The Bertz CT molecular complexity index is 895. The minimum Gasteiger partial charge on any atom is -0.402 e. The highest BCUT2D eigenvalue weighted by Gasteiger charge is 2.24. The van der Waals surface area contributed by atoms with Gasteiger partial charge in [0.05, 0.1) is 0 Å². The number of nitrogens with zero attached hydrogens (tertiary/aromatic N) is 2. The van der Waals surface area contributed by atoms with E-state index in [-0.39, 0.29) is 17.5 Å². The van der Waals surface area contributed by atoms with Crippen molar-refractivity contribution in [1.29, 1.82) is 0 Å². The van der Waals surface area contributed by atoms with E-state index in [1.165, 1.54) is 6.92 Å². The number of hydrogen-bond donors (Lipinski definition) is 1. The number of carbonyl (C=O) groups excluding carboxylic acids is 2. The van der Waals surface area contributed by atoms with Crippen molar-refractivity contribution < 1.29 is 14.3 Å². The molecule has 0 radical (unpaired) electrons. The molecule has 0 aliphatic carbocycles. The highest BCUT2D eigenvalue weighted by Crippen LogP contribution is 2.21. The molecule has 3 rings (SSSR count). The number of cyclic esters (lactones) is 1. The van der Waals surface area contributed by atoms with Gasteiger partial charge in [0.1, 0.15) is 0 Å². The molecule has 0 saturated carbocycles. The first-order valence-electron chi connectivity index (χ1n) is 8.10. The van der Waals surface area contributed by atoms with E-state index in [4.69, 9.17) is 4.74 Å². The van der Waals surface area contributed by atoms with Crippen LogP contribution in [0.4, 0.5) is 11.4 Å². The Labute approximate surface area is 151 Å². The number of nitrogens with one attached hydrogen (secondary N) is 1. The second-order valence-electron chi connectivity index (χ2n) is 6.08. The zero-order valence-corrected chi connectivity index (χ0v) is 14.8. The molecule has 1 amide bonds. The number of ether oxygens (including phenoxy) is 1. The molecule has 0 fully saturated rings. The third-order valence-electron chi connectivity index (χ3n) is 3.79. The lowest BCUT2D eigenvalue weighted by atomic mass is 10.1. The highest BCUT2D eigenvalue weighted by molar-refractivity contribution is 6.13. The van der Waals surface area contributed by atoms with Crippen LogP contribution in [0.25, 0.3) is 6.08 Å². The van der Waals surface area contributed by atoms with Crippen LogP contribution in [0.2, 0.25) is 0 Å². The van der Waals surface area contributed by atoms with Gasteiger partial charge >= 0.3 is 5.97 Å². The van der Waals surface area contributed by atoms with E-state index in [9.17, 15) is 9.59 Å². The van der Waals surface area contributed by atoms with E-state index in [1.807, 2.05) is 43.3 Å². The van der Waals surface area contributed by atoms with Gasteiger partial charge in [-0.2, -0.15) is 0 Å². The number of hydrogen-bond acceptors (Lipinski definition) is 5. The maximum absolute atomic E-state index is 12.1. The molecule has 6 nitrogen and oxygen atoms in total. The van der Waals surface area contributed by atoms with Crippen LogP contribution < -0.4 is 10.2 Å². The summed E-state index contributed by atoms with van der Waals surface area (Å²) in [4.78, 5) is 29.4. The van der Waals surface area contributed by atoms with E-state index in [0.29, 0.717) is 11.3 Å². The normalized spacial score (nSPS) is 14.8. The number of aliphatic imine (C=N–C) groups is 1. The first-order valence-corrected chi connectivity index (χ1v) is 8.10. The zero-order chi connectivity index (χ0) is 18.7. The average molecular weight is 349 g/mol. The second kappa shape index (κ2) is 7.23. The molecule has 1 aliphatic rings. The van der Waals surface area contributed by atoms with Gasteiger partial charge in [0.2, 0.25) is 11.8 Å². The van der Waals surface area contributed by atoms with Crippen molar-refractivity contribution in [1.82, 2.24) is 0 Å². The molecule has 0 bridgehead atoms. The van der Waals surface area contributed by atoms with E-state index < -0.39 is 5.97 Å². The van der Waals surface area contributed by atoms with Crippen molar-refractivity contribution >= 4 is 35.2 Å². The summed E-state index contributed by atoms with van der Waals surface area (Å²) >= 11 is 0. The first-order chi connectivity index (χ1) is 12.4. The first kappa shape index (κ1) is 17.4. The number of esters is 1. The van der Waals surface area contributed by atoms with Gasteiger partial charge in [0.25, 0.3) is 0 Å². The lowest BCUT2D eigenvalue weighted by Gasteiger charge is -2.11. The second-order valence-corrected chi connectivity index (χ2v) is 6.08. The lowest BCUT2D eigenvalue weighted by Crippen LogP contribution is -2.08. The van der Waals surface area contributed by atoms with Crippen LogP contribution >= 0.6 is 0 Å². The standard InChI is InChI=1S/C20H19N3O3/c1-13(24)21-16-8-6-15(7-9-16)19-22-18(20(25)26-19)12-14-4-10-17(11-5-14)23(2)3/h4-12H,1-3H3,(H,21,24)/b18-12-. The molecule has 0 atom stereocenters. The third kappa shape index (κ3) is 3.97. The number of carbonyl (C=O) groups is 2. The molecule has 1 heterocycles. The van der Waals surface area contributed by atoms with Crippen LogP contribution in [-0.2, 0) is 14.3 Å². The van der Waals surface area contributed by atoms with Crippen LogP contribution in [0.15, 0.2) is 59.2 Å². The van der Waals surface area contributed by atoms with Crippen LogP contribution in [0.1, 0.15) is 18.1 Å². The van der Waals surface area contributed by atoms with Crippen LogP contribution in [0.5, 0.6) is 0 Å². The number of anilines is 2. The number of rotatable bonds is 4. The molecule has 2 aromatic carbocycles. The van der Waals surface area contributed by atoms with Gasteiger partial charge in [-0.3, -0.25) is 4.79 Å². The monoisotopic (exact) mass is 349 g/mol. The fourth-order valence-corrected chi connectivity index (χ4v) is 2.46. The Kier molecular flexibility index (Phi) is 4.84. The number of benzene rings is 2. The van der Waals surface area contributed by atoms with Gasteiger partial charge in [0.15, 0.2) is 5.70 Å². The summed E-state index contributed by atoms with van der Waals surface area (Å²) in [6.45, 7) is 1.44. The molecule has 1 aliphatic heterocycles. The topological polar surface area (TPSA) is 71.0 Å². The summed E-state index contributed by atoms with van der Waals surface area (Å²) in [6.07, 6.45) is 1.69. The summed E-state index contributed by atoms with van der Waals surface area (Å²) in [6, 6.07) is 14.7. The van der Waals surface area contributed by atoms with Crippen LogP contribution in [0.3, 0.4) is 0 Å². The van der Waals surface area contributed by atoms with Gasteiger partial charge in [-0.25, -0.2) is 9.79 Å². The summed E-state index contributed by atoms with van der Waals surface area (Å²) in [7, 11) is 3.94. The Hall–Kier alpha value is -3.41. The molecule has 0 saturated heterocycles. The molecule has 26 heavy (non-hydrogen) atoms. The Morgan fingerprint density at radius 3 is 2.31 bits per heavy atom. The average Bonchev–Trinajstić information content (AvgIpc) is 2.96. The SMILES string of the molecule is CC(=O)Nc1ccc(C2=N/C(=C\c3ccc(N(C)C)cc3)C(=O)O2)cc1. The minimum atomic E-state index is -0.484. The smallest absolute Gasteiger partial charge is 0.363 e. The molecule has 1 N–H and O–H groups in total. The van der Waals surface area contributed by atoms with E-state index in [0.717, 1.165) is 11.3 Å². The van der Waals surface area contributed by atoms with E-state index in [1.54, 1.807) is 30.3 Å². The predicted octanol–water partition coefficient (Wildman–Crippen LogP) is 3.06. The summed E-state index contributed by atoms with van der Waals surface area (Å²) in [5, 5.41) is 2.68. The Balaban J connectivity index is 1.81. The van der Waals surface area contributed by atoms with Gasteiger partial charge < -0.3 is 15.0 Å².